The number of hydrogen-bond acceptors (Lipinski definition) is 6. The maximum Gasteiger partial charge on any atom is 0.261 e. The van der Waals surface area contributed by atoms with Crippen LogP contribution in [-0.4, -0.2) is 56.5 Å². The van der Waals surface area contributed by atoms with Crippen LogP contribution in [-0.2, 0) is 9.47 Å². The van der Waals surface area contributed by atoms with Gasteiger partial charge in [0.05, 0.1) is 18.3 Å². The second-order valence-electron chi connectivity index (χ2n) is 7.31. The summed E-state index contributed by atoms with van der Waals surface area (Å²) in [5.74, 6) is -0.149. The summed E-state index contributed by atoms with van der Waals surface area (Å²) in [5, 5.41) is 8.60. The van der Waals surface area contributed by atoms with E-state index in [4.69, 9.17) is 26.4 Å². The minimum absolute atomic E-state index is 0.0898. The Balaban J connectivity index is 1.53. The Bertz CT molecular complexity index is 981. The number of carbonyl (C=O) groups excluding carboxylic acids is 2. The average Bonchev–Trinajstić information content (AvgIpc) is 3.32. The summed E-state index contributed by atoms with van der Waals surface area (Å²) in [6.45, 7) is 1.97. The van der Waals surface area contributed by atoms with E-state index < -0.39 is 5.91 Å². The third-order valence-electron chi connectivity index (χ3n) is 4.88. The highest BCUT2D eigenvalue weighted by atomic mass is 79.9. The number of benzene rings is 2. The van der Waals surface area contributed by atoms with E-state index in [2.05, 4.69) is 31.9 Å². The number of ether oxygens (including phenoxy) is 3. The lowest BCUT2D eigenvalue weighted by Gasteiger charge is -2.14. The molecule has 2 aromatic carbocycles. The first-order chi connectivity index (χ1) is 16.0. The van der Waals surface area contributed by atoms with E-state index in [0.717, 1.165) is 23.9 Å². The highest BCUT2D eigenvalue weighted by molar-refractivity contribution is 9.10. The number of hydrogen-bond donors (Lipinski definition) is 3. The van der Waals surface area contributed by atoms with Gasteiger partial charge >= 0.3 is 0 Å². The van der Waals surface area contributed by atoms with Gasteiger partial charge in [-0.2, -0.15) is 0 Å². The van der Waals surface area contributed by atoms with Crippen molar-refractivity contribution >= 4 is 50.8 Å². The van der Waals surface area contributed by atoms with Crippen LogP contribution >= 0.6 is 28.1 Å². The molecule has 1 aliphatic heterocycles. The summed E-state index contributed by atoms with van der Waals surface area (Å²) in [6.07, 6.45) is 2.08. The predicted octanol–water partition coefficient (Wildman–Crippen LogP) is 3.51. The molecule has 33 heavy (non-hydrogen) atoms. The van der Waals surface area contributed by atoms with Crippen molar-refractivity contribution in [2.75, 3.05) is 38.8 Å². The van der Waals surface area contributed by atoms with Crippen molar-refractivity contribution in [3.05, 3.63) is 58.1 Å². The van der Waals surface area contributed by atoms with Gasteiger partial charge in [0.25, 0.3) is 11.8 Å². The van der Waals surface area contributed by atoms with E-state index >= 15 is 0 Å². The van der Waals surface area contributed by atoms with Crippen LogP contribution in [0.25, 0.3) is 0 Å². The van der Waals surface area contributed by atoms with Crippen molar-refractivity contribution in [2.24, 2.45) is 0 Å². The molecule has 0 radical (unpaired) electrons. The molecule has 0 bridgehead atoms. The van der Waals surface area contributed by atoms with Crippen LogP contribution in [0.1, 0.15) is 33.6 Å². The Kier molecular flexibility index (Phi) is 9.61. The molecule has 0 saturated carbocycles. The fourth-order valence-corrected chi connectivity index (χ4v) is 3.76. The van der Waals surface area contributed by atoms with Crippen molar-refractivity contribution in [3.63, 3.8) is 0 Å². The van der Waals surface area contributed by atoms with E-state index in [0.29, 0.717) is 42.3 Å². The number of anilines is 1. The van der Waals surface area contributed by atoms with E-state index in [1.54, 1.807) is 49.6 Å². The zero-order valence-electron chi connectivity index (χ0n) is 18.2. The van der Waals surface area contributed by atoms with Gasteiger partial charge in [0.15, 0.2) is 5.11 Å². The first-order valence-corrected chi connectivity index (χ1v) is 11.7. The zero-order valence-corrected chi connectivity index (χ0v) is 20.6. The molecule has 3 N–H and O–H groups in total. The quantitative estimate of drug-likeness (QED) is 0.334. The monoisotopic (exact) mass is 535 g/mol. The lowest BCUT2D eigenvalue weighted by Crippen LogP contribution is -2.34. The second kappa shape index (κ2) is 12.6. The van der Waals surface area contributed by atoms with Crippen molar-refractivity contribution in [2.45, 2.75) is 18.9 Å². The van der Waals surface area contributed by atoms with Crippen molar-refractivity contribution in [3.8, 4) is 5.75 Å². The maximum atomic E-state index is 12.7. The summed E-state index contributed by atoms with van der Waals surface area (Å²) in [5.41, 5.74) is 1.50. The minimum atomic E-state index is -0.411. The Morgan fingerprint density at radius 2 is 1.94 bits per heavy atom. The lowest BCUT2D eigenvalue weighted by molar-refractivity contribution is 0.0857. The summed E-state index contributed by atoms with van der Waals surface area (Å²) in [4.78, 5) is 25.0. The van der Waals surface area contributed by atoms with E-state index in [9.17, 15) is 9.59 Å². The number of halogens is 1. The van der Waals surface area contributed by atoms with Gasteiger partial charge in [0.1, 0.15) is 12.4 Å². The lowest BCUT2D eigenvalue weighted by atomic mass is 10.2. The Labute approximate surface area is 206 Å². The van der Waals surface area contributed by atoms with E-state index in [-0.39, 0.29) is 17.1 Å². The molecule has 10 heteroatoms. The Hall–Kier alpha value is -2.53. The van der Waals surface area contributed by atoms with Gasteiger partial charge < -0.3 is 24.8 Å². The van der Waals surface area contributed by atoms with Crippen LogP contribution in [0.15, 0.2) is 46.9 Å². The van der Waals surface area contributed by atoms with Crippen LogP contribution < -0.4 is 20.7 Å². The molecule has 0 aliphatic carbocycles. The first-order valence-electron chi connectivity index (χ1n) is 10.5. The number of rotatable bonds is 9. The smallest absolute Gasteiger partial charge is 0.261 e. The molecule has 1 atom stereocenters. The SMILES string of the molecule is COCCOc1ccc(Br)cc1C(=O)NC(=S)Nc1ccc(C(=O)NCC2CCCO2)cc1. The zero-order chi connectivity index (χ0) is 23.6. The van der Waals surface area contributed by atoms with Crippen molar-refractivity contribution in [1.29, 1.82) is 0 Å². The van der Waals surface area contributed by atoms with Crippen molar-refractivity contribution < 1.29 is 23.8 Å². The van der Waals surface area contributed by atoms with Gasteiger partial charge in [-0.1, -0.05) is 15.9 Å². The molecular weight excluding hydrogens is 510 g/mol. The highest BCUT2D eigenvalue weighted by Crippen LogP contribution is 2.23. The van der Waals surface area contributed by atoms with Gasteiger partial charge in [-0.3, -0.25) is 14.9 Å². The number of nitrogens with one attached hydrogen (secondary N) is 3. The molecule has 3 rings (SSSR count). The topological polar surface area (TPSA) is 97.9 Å². The van der Waals surface area contributed by atoms with E-state index in [1.165, 1.54) is 0 Å². The molecular formula is C23H26BrN3O5S. The molecule has 2 amide bonds. The molecule has 8 nitrogen and oxygen atoms in total. The van der Waals surface area contributed by atoms with Crippen LogP contribution in [0.5, 0.6) is 5.75 Å². The van der Waals surface area contributed by atoms with Gasteiger partial charge in [-0.05, 0) is 67.5 Å². The highest BCUT2D eigenvalue weighted by Gasteiger charge is 2.17. The number of carbonyl (C=O) groups is 2. The molecule has 2 aromatic rings. The molecule has 1 unspecified atom stereocenters. The largest absolute Gasteiger partial charge is 0.490 e. The van der Waals surface area contributed by atoms with Gasteiger partial charge in [0, 0.05) is 36.0 Å². The molecule has 1 aliphatic rings. The Morgan fingerprint density at radius 3 is 2.64 bits per heavy atom. The molecule has 176 valence electrons. The van der Waals surface area contributed by atoms with Crippen LogP contribution in [0.3, 0.4) is 0 Å². The minimum Gasteiger partial charge on any atom is -0.490 e. The average molecular weight is 536 g/mol. The third kappa shape index (κ3) is 7.78. The summed E-state index contributed by atoms with van der Waals surface area (Å²) >= 11 is 8.64. The maximum absolute atomic E-state index is 12.7. The van der Waals surface area contributed by atoms with Crippen LogP contribution in [0.4, 0.5) is 5.69 Å². The summed E-state index contributed by atoms with van der Waals surface area (Å²) < 4.78 is 16.9. The van der Waals surface area contributed by atoms with Crippen LogP contribution in [0.2, 0.25) is 0 Å². The molecule has 1 heterocycles. The van der Waals surface area contributed by atoms with Gasteiger partial charge in [-0.15, -0.1) is 0 Å². The fraction of sp³-hybridized carbons (Fsp3) is 0.348. The summed E-state index contributed by atoms with van der Waals surface area (Å²) in [7, 11) is 1.58. The first kappa shape index (κ1) is 25.1. The third-order valence-corrected chi connectivity index (χ3v) is 5.57. The van der Waals surface area contributed by atoms with Crippen LogP contribution in [0, 0.1) is 0 Å². The molecule has 0 spiro atoms. The number of thiocarbonyl (C=S) groups is 1. The van der Waals surface area contributed by atoms with Gasteiger partial charge in [0.2, 0.25) is 0 Å². The second-order valence-corrected chi connectivity index (χ2v) is 8.64. The fourth-order valence-electron chi connectivity index (χ4n) is 3.19. The standard InChI is InChI=1S/C23H26BrN3O5S/c1-30-11-12-32-20-9-6-16(24)13-19(20)22(29)27-23(33)26-17-7-4-15(5-8-17)21(28)25-14-18-3-2-10-31-18/h4-9,13,18H,2-3,10-12,14H2,1H3,(H,25,28)(H2,26,27,29,33). The number of amides is 2. The van der Waals surface area contributed by atoms with Crippen molar-refractivity contribution in [1.82, 2.24) is 10.6 Å². The van der Waals surface area contributed by atoms with Gasteiger partial charge in [-0.25, -0.2) is 0 Å². The van der Waals surface area contributed by atoms with E-state index in [1.807, 2.05) is 0 Å². The summed E-state index contributed by atoms with van der Waals surface area (Å²) in [6, 6.07) is 12.0. The number of methoxy groups -OCH3 is 1. The normalized spacial score (nSPS) is 15.0. The predicted molar refractivity (Wildman–Crippen MR) is 133 cm³/mol. The molecule has 1 fully saturated rings. The Morgan fingerprint density at radius 1 is 1.15 bits per heavy atom. The molecule has 0 aromatic heterocycles. The molecule has 1 saturated heterocycles.